The molecule has 0 unspecified atom stereocenters. The molecule has 11 heteroatoms. The van der Waals surface area contributed by atoms with Crippen LogP contribution in [0.2, 0.25) is 0 Å². The van der Waals surface area contributed by atoms with Crippen molar-refractivity contribution in [2.45, 2.75) is 96.8 Å². The second-order valence-electron chi connectivity index (χ2n) is 13.9. The molecule has 0 saturated heterocycles. The summed E-state index contributed by atoms with van der Waals surface area (Å²) < 4.78 is 0. The Bertz CT molecular complexity index is 1790. The molecule has 0 bridgehead atoms. The van der Waals surface area contributed by atoms with Crippen LogP contribution in [0, 0.1) is 0 Å². The van der Waals surface area contributed by atoms with E-state index in [1.54, 1.807) is 12.3 Å². The van der Waals surface area contributed by atoms with Gasteiger partial charge in [-0.05, 0) is 92.8 Å². The Morgan fingerprint density at radius 1 is 0.623 bits per heavy atom. The van der Waals surface area contributed by atoms with Crippen molar-refractivity contribution < 1.29 is 19.2 Å². The average molecular weight is 716 g/mol. The minimum atomic E-state index is -0.210. The molecule has 0 fully saturated rings. The number of carbonyl (C=O) groups excluding carboxylic acids is 4. The molecule has 6 rings (SSSR count). The van der Waals surface area contributed by atoms with Gasteiger partial charge in [0.1, 0.15) is 5.82 Å². The molecule has 0 saturated carbocycles. The maximum absolute atomic E-state index is 12.7. The fourth-order valence-electron chi connectivity index (χ4n) is 7.44. The molecule has 4 amide bonds. The fourth-order valence-corrected chi connectivity index (χ4v) is 7.44. The van der Waals surface area contributed by atoms with Crippen LogP contribution in [0.25, 0.3) is 0 Å². The minimum Gasteiger partial charge on any atom is -0.378 e. The van der Waals surface area contributed by atoms with Gasteiger partial charge < -0.3 is 31.1 Å². The van der Waals surface area contributed by atoms with E-state index in [0.29, 0.717) is 30.8 Å². The molecule has 0 aliphatic carbocycles. The van der Waals surface area contributed by atoms with Crippen molar-refractivity contribution in [3.8, 4) is 0 Å². The Balaban J connectivity index is 0.944. The predicted molar refractivity (Wildman–Crippen MR) is 211 cm³/mol. The number of hydrogen-bond acceptors (Lipinski definition) is 7. The number of nitrogens with zero attached hydrogens (tertiary/aromatic N) is 3. The van der Waals surface area contributed by atoms with Crippen LogP contribution in [-0.4, -0.2) is 40.7 Å². The maximum Gasteiger partial charge on any atom is 0.226 e. The molecule has 4 N–H and O–H groups in total. The molecule has 3 aromatic carbocycles. The number of fused-ring (bicyclic) bond motifs is 2. The lowest BCUT2D eigenvalue weighted by Gasteiger charge is -2.40. The summed E-state index contributed by atoms with van der Waals surface area (Å²) in [6.07, 6.45) is 4.94. The van der Waals surface area contributed by atoms with Crippen molar-refractivity contribution in [2.24, 2.45) is 0 Å². The number of anilines is 6. The third kappa shape index (κ3) is 8.68. The molecular formula is C42H49N7O4. The largest absolute Gasteiger partial charge is 0.378 e. The highest BCUT2D eigenvalue weighted by atomic mass is 16.2. The normalized spacial score (nSPS) is 19.0. The zero-order valence-electron chi connectivity index (χ0n) is 30.9. The third-order valence-electron chi connectivity index (χ3n) is 10.0. The lowest BCUT2D eigenvalue weighted by molar-refractivity contribution is -0.119. The highest BCUT2D eigenvalue weighted by Crippen LogP contribution is 2.40. The van der Waals surface area contributed by atoms with Crippen molar-refractivity contribution in [1.82, 2.24) is 4.98 Å². The van der Waals surface area contributed by atoms with E-state index in [1.165, 1.54) is 0 Å². The Kier molecular flexibility index (Phi) is 11.7. The number of rotatable bonds is 12. The van der Waals surface area contributed by atoms with Gasteiger partial charge in [0, 0.05) is 60.5 Å². The molecule has 2 aliphatic heterocycles. The van der Waals surface area contributed by atoms with Gasteiger partial charge in [-0.3, -0.25) is 19.2 Å². The first-order chi connectivity index (χ1) is 25.6. The number of aromatic nitrogens is 1. The van der Waals surface area contributed by atoms with Crippen LogP contribution in [0.15, 0.2) is 91.1 Å². The molecule has 11 nitrogen and oxygen atoms in total. The molecule has 1 aromatic heterocycles. The number of hydrogen-bond donors (Lipinski definition) is 4. The van der Waals surface area contributed by atoms with Crippen LogP contribution in [0.4, 0.5) is 34.3 Å². The predicted octanol–water partition coefficient (Wildman–Crippen LogP) is 8.21. The van der Waals surface area contributed by atoms with E-state index in [1.807, 2.05) is 90.4 Å². The smallest absolute Gasteiger partial charge is 0.226 e. The number of nitrogens with one attached hydrogen (secondary N) is 4. The number of para-hydroxylation sites is 2. The van der Waals surface area contributed by atoms with Crippen molar-refractivity contribution in [3.63, 3.8) is 0 Å². The number of benzene rings is 3. The summed E-state index contributed by atoms with van der Waals surface area (Å²) in [4.78, 5) is 58.9. The second kappa shape index (κ2) is 16.8. The summed E-state index contributed by atoms with van der Waals surface area (Å²) >= 11 is 0. The first-order valence-electron chi connectivity index (χ1n) is 18.7. The molecule has 4 aromatic rings. The van der Waals surface area contributed by atoms with Crippen LogP contribution in [0.5, 0.6) is 0 Å². The van der Waals surface area contributed by atoms with Crippen molar-refractivity contribution in [3.05, 3.63) is 102 Å². The zero-order chi connectivity index (χ0) is 37.5. The van der Waals surface area contributed by atoms with E-state index in [-0.39, 0.29) is 60.6 Å². The second-order valence-corrected chi connectivity index (χ2v) is 13.9. The average Bonchev–Trinajstić information content (AvgIpc) is 3.16. The van der Waals surface area contributed by atoms with Gasteiger partial charge in [-0.2, -0.15) is 0 Å². The SMILES string of the molecule is CCC(=O)N1c2ccccc2[C@H](Nc2ccc(NC(=O)CCCC(=O)Nc3ccc(N[C@@H]4C[C@H](C)N(C(=O)CC)c5ccccc54)cn3)cc2)C[C@@H]1C. The summed E-state index contributed by atoms with van der Waals surface area (Å²) in [6.45, 7) is 7.92. The summed E-state index contributed by atoms with van der Waals surface area (Å²) in [5.74, 6) is 0.300. The van der Waals surface area contributed by atoms with E-state index < -0.39 is 0 Å². The van der Waals surface area contributed by atoms with Crippen molar-refractivity contribution in [1.29, 1.82) is 0 Å². The highest BCUT2D eigenvalue weighted by molar-refractivity contribution is 5.96. The first-order valence-corrected chi connectivity index (χ1v) is 18.7. The van der Waals surface area contributed by atoms with Crippen LogP contribution in [0.1, 0.15) is 95.9 Å². The van der Waals surface area contributed by atoms with Gasteiger partial charge in [0.25, 0.3) is 0 Å². The van der Waals surface area contributed by atoms with Gasteiger partial charge in [0.15, 0.2) is 0 Å². The summed E-state index contributed by atoms with van der Waals surface area (Å²) in [5, 5.41) is 12.9. The summed E-state index contributed by atoms with van der Waals surface area (Å²) in [6, 6.07) is 27.4. The van der Waals surface area contributed by atoms with Gasteiger partial charge in [-0.1, -0.05) is 50.2 Å². The summed E-state index contributed by atoms with van der Waals surface area (Å²) in [5.41, 5.74) is 6.46. The van der Waals surface area contributed by atoms with E-state index >= 15 is 0 Å². The van der Waals surface area contributed by atoms with Crippen LogP contribution in [-0.2, 0) is 19.2 Å². The third-order valence-corrected chi connectivity index (χ3v) is 10.0. The van der Waals surface area contributed by atoms with Gasteiger partial charge in [-0.25, -0.2) is 4.98 Å². The molecule has 4 atom stereocenters. The van der Waals surface area contributed by atoms with Crippen molar-refractivity contribution in [2.75, 3.05) is 31.1 Å². The molecule has 2 aliphatic rings. The number of amides is 4. The molecule has 0 spiro atoms. The lowest BCUT2D eigenvalue weighted by atomic mass is 9.91. The van der Waals surface area contributed by atoms with Crippen molar-refractivity contribution >= 4 is 57.9 Å². The molecular weight excluding hydrogens is 667 g/mol. The van der Waals surface area contributed by atoms with Gasteiger partial charge in [0.05, 0.1) is 24.0 Å². The molecule has 3 heterocycles. The highest BCUT2D eigenvalue weighted by Gasteiger charge is 2.34. The van der Waals surface area contributed by atoms with E-state index in [0.717, 1.165) is 46.7 Å². The topological polar surface area (TPSA) is 136 Å². The van der Waals surface area contributed by atoms with Crippen LogP contribution < -0.4 is 31.1 Å². The zero-order valence-corrected chi connectivity index (χ0v) is 30.9. The lowest BCUT2D eigenvalue weighted by Crippen LogP contribution is -2.44. The van der Waals surface area contributed by atoms with Crippen LogP contribution >= 0.6 is 0 Å². The van der Waals surface area contributed by atoms with Gasteiger partial charge >= 0.3 is 0 Å². The minimum absolute atomic E-state index is 0.0138. The quantitative estimate of drug-likeness (QED) is 0.116. The first kappa shape index (κ1) is 37.1. The number of carbonyl (C=O) groups is 4. The van der Waals surface area contributed by atoms with Crippen LogP contribution in [0.3, 0.4) is 0 Å². The Morgan fingerprint density at radius 3 is 1.60 bits per heavy atom. The molecule has 276 valence electrons. The fraction of sp³-hybridized carbons (Fsp3) is 0.357. The Morgan fingerprint density at radius 2 is 1.09 bits per heavy atom. The number of pyridine rings is 1. The van der Waals surface area contributed by atoms with E-state index in [4.69, 9.17) is 0 Å². The van der Waals surface area contributed by atoms with E-state index in [2.05, 4.69) is 52.2 Å². The van der Waals surface area contributed by atoms with Gasteiger partial charge in [0.2, 0.25) is 23.6 Å². The molecule has 53 heavy (non-hydrogen) atoms. The van der Waals surface area contributed by atoms with Gasteiger partial charge in [-0.15, -0.1) is 0 Å². The summed E-state index contributed by atoms with van der Waals surface area (Å²) in [7, 11) is 0. The standard InChI is InChI=1S/C42H49N7O4/c1-5-41(52)48-27(3)24-34(32-12-7-9-14-36(32)48)44-29-18-20-30(21-19-29)46-39(50)16-11-17-40(51)47-38-23-22-31(26-43-38)45-35-25-28(4)49(42(53)6-2)37-15-10-8-13-33(35)37/h7-10,12-15,18-23,26-28,34-35,44-45H,5-6,11,16-17,24-25H2,1-4H3,(H,46,50)(H,43,47,51)/t27-,28-,34+,35+/m0/s1. The Hall–Kier alpha value is -5.71. The monoisotopic (exact) mass is 715 g/mol. The maximum atomic E-state index is 12.7. The molecule has 0 radical (unpaired) electrons. The van der Waals surface area contributed by atoms with E-state index in [9.17, 15) is 19.2 Å². The Labute approximate surface area is 311 Å².